The highest BCUT2D eigenvalue weighted by Crippen LogP contribution is 2.25. The first-order chi connectivity index (χ1) is 12.0. The number of benzene rings is 2. The average molecular weight is 358 g/mol. The molecule has 3 nitrogen and oxygen atoms in total. The van der Waals surface area contributed by atoms with Gasteiger partial charge in [-0.05, 0) is 29.3 Å². The first-order valence-corrected chi connectivity index (χ1v) is 8.36. The van der Waals surface area contributed by atoms with Crippen molar-refractivity contribution >= 4 is 40.6 Å². The molecule has 1 aromatic heterocycles. The topological polar surface area (TPSA) is 43.1 Å². The number of hydrogen-bond donors (Lipinski definition) is 0. The number of oxazole rings is 1. The van der Waals surface area contributed by atoms with Crippen LogP contribution in [0.3, 0.4) is 0 Å². The first kappa shape index (κ1) is 17.4. The Bertz CT molecular complexity index is 959. The van der Waals surface area contributed by atoms with Crippen molar-refractivity contribution in [1.29, 1.82) is 0 Å². The van der Waals surface area contributed by atoms with Gasteiger partial charge in [-0.2, -0.15) is 0 Å². The molecule has 0 aliphatic carbocycles. The number of nitrogens with zero attached hydrogens (tertiary/aromatic N) is 1. The summed E-state index contributed by atoms with van der Waals surface area (Å²) in [5.74, 6) is -0.409. The number of carbonyl (C=O) groups excluding carboxylic acids is 1. The molecule has 0 saturated carbocycles. The highest BCUT2D eigenvalue weighted by molar-refractivity contribution is 6.32. The quantitative estimate of drug-likeness (QED) is 0.600. The number of carbonyl (C=O) groups is 1. The molecule has 3 rings (SSSR count). The zero-order chi connectivity index (χ0) is 18.0. The van der Waals surface area contributed by atoms with Crippen LogP contribution in [-0.2, 0) is 11.2 Å². The third-order valence-electron chi connectivity index (χ3n) is 3.91. The normalized spacial score (nSPS) is 11.7. The van der Waals surface area contributed by atoms with Crippen LogP contribution >= 0.6 is 11.6 Å². The zero-order valence-corrected chi connectivity index (χ0v) is 14.7. The van der Waals surface area contributed by atoms with Gasteiger partial charge in [-0.15, -0.1) is 0 Å². The Labute approximate surface area is 150 Å². The predicted octanol–water partition coefficient (Wildman–Crippen LogP) is 5.56. The molecule has 0 fully saturated rings. The third-order valence-corrected chi connectivity index (χ3v) is 4.26. The summed E-state index contributed by atoms with van der Waals surface area (Å²) in [7, 11) is 0. The van der Waals surface area contributed by atoms with Gasteiger partial charge in [-0.1, -0.05) is 49.7 Å². The molecule has 5 heteroatoms. The molecule has 0 radical (unpaired) electrons. The fraction of sp³-hybridized carbons (Fsp3) is 0.200. The second kappa shape index (κ2) is 7.19. The molecule has 0 amide bonds. The molecule has 25 heavy (non-hydrogen) atoms. The summed E-state index contributed by atoms with van der Waals surface area (Å²) in [4.78, 5) is 16.1. The molecular formula is C20H17ClFNO2. The smallest absolute Gasteiger partial charge is 0.220 e. The van der Waals surface area contributed by atoms with Crippen molar-refractivity contribution in [3.05, 3.63) is 64.3 Å². The Hall–Kier alpha value is -2.46. The molecule has 0 aliphatic heterocycles. The van der Waals surface area contributed by atoms with E-state index in [9.17, 15) is 9.18 Å². The van der Waals surface area contributed by atoms with Crippen LogP contribution in [0, 0.1) is 11.7 Å². The van der Waals surface area contributed by atoms with Crippen molar-refractivity contribution in [1.82, 2.24) is 4.98 Å². The Morgan fingerprint density at radius 1 is 1.24 bits per heavy atom. The van der Waals surface area contributed by atoms with Crippen molar-refractivity contribution in [3.8, 4) is 0 Å². The van der Waals surface area contributed by atoms with E-state index >= 15 is 0 Å². The van der Waals surface area contributed by atoms with E-state index in [0.717, 1.165) is 5.56 Å². The summed E-state index contributed by atoms with van der Waals surface area (Å²) in [6.07, 6.45) is 3.44. The SMILES string of the molecule is CC(C)C(=O)Cc1ccc2nc(/C=C/c3ccccc3Cl)oc2c1F. The first-order valence-electron chi connectivity index (χ1n) is 7.99. The lowest BCUT2D eigenvalue weighted by atomic mass is 10.0. The van der Waals surface area contributed by atoms with E-state index in [1.54, 1.807) is 44.2 Å². The van der Waals surface area contributed by atoms with E-state index in [0.29, 0.717) is 16.1 Å². The lowest BCUT2D eigenvalue weighted by Crippen LogP contribution is -2.11. The summed E-state index contributed by atoms with van der Waals surface area (Å²) in [6.45, 7) is 3.59. The van der Waals surface area contributed by atoms with Crippen LogP contribution in [0.5, 0.6) is 0 Å². The van der Waals surface area contributed by atoms with E-state index < -0.39 is 5.82 Å². The van der Waals surface area contributed by atoms with E-state index in [1.165, 1.54) is 0 Å². The van der Waals surface area contributed by atoms with Crippen LogP contribution < -0.4 is 0 Å². The number of rotatable bonds is 5. The van der Waals surface area contributed by atoms with Gasteiger partial charge in [-0.3, -0.25) is 4.79 Å². The van der Waals surface area contributed by atoms with Crippen LogP contribution in [0.4, 0.5) is 4.39 Å². The second-order valence-corrected chi connectivity index (χ2v) is 6.50. The molecule has 3 aromatic rings. The van der Waals surface area contributed by atoms with Crippen LogP contribution in [0.1, 0.15) is 30.9 Å². The molecule has 0 saturated heterocycles. The van der Waals surface area contributed by atoms with Crippen molar-refractivity contribution in [2.75, 3.05) is 0 Å². The molecule has 0 N–H and O–H groups in total. The van der Waals surface area contributed by atoms with Crippen LogP contribution in [0.2, 0.25) is 5.02 Å². The number of ketones is 1. The Morgan fingerprint density at radius 2 is 2.00 bits per heavy atom. The van der Waals surface area contributed by atoms with Gasteiger partial charge in [-0.25, -0.2) is 9.37 Å². The fourth-order valence-corrected chi connectivity index (χ4v) is 2.59. The highest BCUT2D eigenvalue weighted by Gasteiger charge is 2.17. The fourth-order valence-electron chi connectivity index (χ4n) is 2.39. The third kappa shape index (κ3) is 3.80. The van der Waals surface area contributed by atoms with Gasteiger partial charge >= 0.3 is 0 Å². The Morgan fingerprint density at radius 3 is 2.72 bits per heavy atom. The number of halogens is 2. The maximum absolute atomic E-state index is 14.6. The minimum atomic E-state index is -0.531. The molecular weight excluding hydrogens is 341 g/mol. The lowest BCUT2D eigenvalue weighted by Gasteiger charge is -2.05. The largest absolute Gasteiger partial charge is 0.434 e. The molecule has 0 aliphatic rings. The molecule has 1 heterocycles. The van der Waals surface area contributed by atoms with Gasteiger partial charge in [0, 0.05) is 23.4 Å². The van der Waals surface area contributed by atoms with E-state index in [-0.39, 0.29) is 29.6 Å². The maximum Gasteiger partial charge on any atom is 0.220 e. The maximum atomic E-state index is 14.6. The Kier molecular flexibility index (Phi) is 5.00. The van der Waals surface area contributed by atoms with Crippen molar-refractivity contribution in [2.45, 2.75) is 20.3 Å². The summed E-state index contributed by atoms with van der Waals surface area (Å²) in [6, 6.07) is 10.6. The summed E-state index contributed by atoms with van der Waals surface area (Å²) in [5, 5.41) is 0.607. The van der Waals surface area contributed by atoms with Crippen molar-refractivity contribution in [2.24, 2.45) is 5.92 Å². The average Bonchev–Trinajstić information content (AvgIpc) is 3.00. The lowest BCUT2D eigenvalue weighted by molar-refractivity contribution is -0.121. The van der Waals surface area contributed by atoms with Gasteiger partial charge in [0.15, 0.2) is 11.4 Å². The molecule has 2 aromatic carbocycles. The van der Waals surface area contributed by atoms with Crippen molar-refractivity contribution in [3.63, 3.8) is 0 Å². The van der Waals surface area contributed by atoms with Gasteiger partial charge in [0.05, 0.1) is 0 Å². The monoisotopic (exact) mass is 357 g/mol. The second-order valence-electron chi connectivity index (χ2n) is 6.09. The number of aromatic nitrogens is 1. The van der Waals surface area contributed by atoms with E-state index in [4.69, 9.17) is 16.0 Å². The van der Waals surface area contributed by atoms with E-state index in [1.807, 2.05) is 18.2 Å². The van der Waals surface area contributed by atoms with Crippen LogP contribution in [0.25, 0.3) is 23.3 Å². The summed E-state index contributed by atoms with van der Waals surface area (Å²) in [5.41, 5.74) is 1.61. The van der Waals surface area contributed by atoms with Crippen LogP contribution in [-0.4, -0.2) is 10.8 Å². The molecule has 0 atom stereocenters. The minimum absolute atomic E-state index is 0.0170. The minimum Gasteiger partial charge on any atom is -0.434 e. The summed E-state index contributed by atoms with van der Waals surface area (Å²) < 4.78 is 20.1. The van der Waals surface area contributed by atoms with Crippen LogP contribution in [0.15, 0.2) is 40.8 Å². The standard InChI is InChI=1S/C20H17ClFNO2/c1-12(2)17(24)11-14-7-9-16-20(19(14)22)25-18(23-16)10-8-13-5-3-4-6-15(13)21/h3-10,12H,11H2,1-2H3/b10-8+. The highest BCUT2D eigenvalue weighted by atomic mass is 35.5. The molecule has 0 unspecified atom stereocenters. The zero-order valence-electron chi connectivity index (χ0n) is 13.9. The van der Waals surface area contributed by atoms with Gasteiger partial charge < -0.3 is 4.42 Å². The number of hydrogen-bond acceptors (Lipinski definition) is 3. The van der Waals surface area contributed by atoms with Gasteiger partial charge in [0.2, 0.25) is 5.89 Å². The number of fused-ring (bicyclic) bond motifs is 1. The van der Waals surface area contributed by atoms with Crippen molar-refractivity contribution < 1.29 is 13.6 Å². The summed E-state index contributed by atoms with van der Waals surface area (Å²) >= 11 is 6.09. The predicted molar refractivity (Wildman–Crippen MR) is 97.9 cm³/mol. The molecule has 128 valence electrons. The molecule has 0 spiro atoms. The van der Waals surface area contributed by atoms with Gasteiger partial charge in [0.1, 0.15) is 11.3 Å². The Balaban J connectivity index is 1.91. The molecule has 0 bridgehead atoms. The number of Topliss-reactive ketones (excluding diaryl/α,β-unsaturated/α-hetero) is 1. The van der Waals surface area contributed by atoms with Gasteiger partial charge in [0.25, 0.3) is 0 Å². The van der Waals surface area contributed by atoms with E-state index in [2.05, 4.69) is 4.98 Å².